The molecule has 1 amide bonds. The molecule has 0 heterocycles. The molecule has 0 aromatic heterocycles. The van der Waals surface area contributed by atoms with Crippen molar-refractivity contribution in [2.45, 2.75) is 44.2 Å². The lowest BCUT2D eigenvalue weighted by atomic mass is 9.93. The topological polar surface area (TPSA) is 67.9 Å². The van der Waals surface area contributed by atoms with Crippen LogP contribution in [-0.4, -0.2) is 49.6 Å². The number of ether oxygens (including phenoxy) is 2. The normalized spacial score (nSPS) is 16.0. The Bertz CT molecular complexity index is 861. The highest BCUT2D eigenvalue weighted by molar-refractivity contribution is 5.89. The SMILES string of the molecule is COC(=O)c1ccc([C@H](C)NC(=O)C2(N(C)CCOc3ccccc3)CCCC2)cc1. The molecule has 0 unspecified atom stereocenters. The van der Waals surface area contributed by atoms with Crippen molar-refractivity contribution in [2.24, 2.45) is 0 Å². The van der Waals surface area contributed by atoms with E-state index < -0.39 is 5.54 Å². The summed E-state index contributed by atoms with van der Waals surface area (Å²) in [7, 11) is 3.37. The van der Waals surface area contributed by atoms with Crippen LogP contribution in [-0.2, 0) is 9.53 Å². The fraction of sp³-hybridized carbons (Fsp3) is 0.440. The number of likely N-dealkylation sites (N-methyl/N-ethyl adjacent to an activating group) is 1. The first-order valence-electron chi connectivity index (χ1n) is 10.8. The molecule has 1 aliphatic rings. The smallest absolute Gasteiger partial charge is 0.337 e. The lowest BCUT2D eigenvalue weighted by Gasteiger charge is -2.38. The van der Waals surface area contributed by atoms with Crippen LogP contribution < -0.4 is 10.1 Å². The van der Waals surface area contributed by atoms with E-state index in [1.54, 1.807) is 12.1 Å². The van der Waals surface area contributed by atoms with E-state index in [9.17, 15) is 9.59 Å². The molecule has 0 radical (unpaired) electrons. The summed E-state index contributed by atoms with van der Waals surface area (Å²) in [5.41, 5.74) is 0.930. The van der Waals surface area contributed by atoms with E-state index in [0.717, 1.165) is 37.0 Å². The molecule has 2 aromatic rings. The van der Waals surface area contributed by atoms with Gasteiger partial charge in [0.05, 0.1) is 18.7 Å². The average molecular weight is 425 g/mol. The van der Waals surface area contributed by atoms with Crippen molar-refractivity contribution in [3.8, 4) is 5.75 Å². The maximum absolute atomic E-state index is 13.4. The van der Waals surface area contributed by atoms with Crippen LogP contribution in [0.1, 0.15) is 54.6 Å². The first kappa shape index (κ1) is 22.8. The van der Waals surface area contributed by atoms with E-state index in [0.29, 0.717) is 18.7 Å². The number of para-hydroxylation sites is 1. The van der Waals surface area contributed by atoms with Crippen LogP contribution in [0.15, 0.2) is 54.6 Å². The van der Waals surface area contributed by atoms with Crippen molar-refractivity contribution in [2.75, 3.05) is 27.3 Å². The molecule has 166 valence electrons. The zero-order valence-electron chi connectivity index (χ0n) is 18.6. The van der Waals surface area contributed by atoms with Gasteiger partial charge in [-0.25, -0.2) is 4.79 Å². The number of amides is 1. The van der Waals surface area contributed by atoms with Crippen molar-refractivity contribution >= 4 is 11.9 Å². The lowest BCUT2D eigenvalue weighted by molar-refractivity contribution is -0.133. The van der Waals surface area contributed by atoms with Gasteiger partial charge >= 0.3 is 5.97 Å². The third kappa shape index (κ3) is 5.44. The molecular formula is C25H32N2O4. The van der Waals surface area contributed by atoms with E-state index in [-0.39, 0.29) is 17.9 Å². The highest BCUT2D eigenvalue weighted by atomic mass is 16.5. The summed E-state index contributed by atoms with van der Waals surface area (Å²) in [5.74, 6) is 0.522. The standard InChI is InChI=1S/C25H32N2O4/c1-19(20-11-13-21(14-12-20)23(28)30-3)26-24(29)25(15-7-8-16-25)27(2)17-18-31-22-9-5-4-6-10-22/h4-6,9-14,19H,7-8,15-18H2,1-3H3,(H,26,29)/t19-/m0/s1. The third-order valence-corrected chi connectivity index (χ3v) is 6.20. The Morgan fingerprint density at radius 1 is 1.06 bits per heavy atom. The van der Waals surface area contributed by atoms with Gasteiger partial charge in [0.2, 0.25) is 5.91 Å². The van der Waals surface area contributed by atoms with Crippen molar-refractivity contribution in [3.05, 3.63) is 65.7 Å². The number of methoxy groups -OCH3 is 1. The number of carbonyl (C=O) groups excluding carboxylic acids is 2. The Hall–Kier alpha value is -2.86. The minimum Gasteiger partial charge on any atom is -0.492 e. The summed E-state index contributed by atoms with van der Waals surface area (Å²) < 4.78 is 10.6. The average Bonchev–Trinajstić information content (AvgIpc) is 3.31. The molecule has 31 heavy (non-hydrogen) atoms. The summed E-state index contributed by atoms with van der Waals surface area (Å²) in [4.78, 5) is 27.2. The molecule has 1 atom stereocenters. The number of hydrogen-bond donors (Lipinski definition) is 1. The summed E-state index contributed by atoms with van der Waals surface area (Å²) in [6, 6.07) is 16.7. The first-order valence-corrected chi connectivity index (χ1v) is 10.8. The Balaban J connectivity index is 1.61. The number of nitrogens with one attached hydrogen (secondary N) is 1. The van der Waals surface area contributed by atoms with Gasteiger partial charge in [-0.1, -0.05) is 43.2 Å². The van der Waals surface area contributed by atoms with E-state index >= 15 is 0 Å². The maximum Gasteiger partial charge on any atom is 0.337 e. The van der Waals surface area contributed by atoms with Crippen LogP contribution in [0, 0.1) is 0 Å². The van der Waals surface area contributed by atoms with Gasteiger partial charge in [0, 0.05) is 6.54 Å². The maximum atomic E-state index is 13.4. The lowest BCUT2D eigenvalue weighted by Crippen LogP contribution is -2.57. The number of esters is 1. The third-order valence-electron chi connectivity index (χ3n) is 6.20. The van der Waals surface area contributed by atoms with Crippen molar-refractivity contribution < 1.29 is 19.1 Å². The van der Waals surface area contributed by atoms with Crippen LogP contribution in [0.2, 0.25) is 0 Å². The second-order valence-electron chi connectivity index (χ2n) is 8.13. The van der Waals surface area contributed by atoms with Gasteiger partial charge in [-0.3, -0.25) is 9.69 Å². The quantitative estimate of drug-likeness (QED) is 0.617. The molecule has 6 nitrogen and oxygen atoms in total. The number of nitrogens with zero attached hydrogens (tertiary/aromatic N) is 1. The second-order valence-corrected chi connectivity index (χ2v) is 8.13. The zero-order valence-corrected chi connectivity index (χ0v) is 18.6. The number of carbonyl (C=O) groups is 2. The minimum absolute atomic E-state index is 0.0526. The van der Waals surface area contributed by atoms with Crippen LogP contribution in [0.25, 0.3) is 0 Å². The van der Waals surface area contributed by atoms with Crippen LogP contribution in [0.4, 0.5) is 0 Å². The van der Waals surface area contributed by atoms with Crippen LogP contribution >= 0.6 is 0 Å². The molecule has 0 aliphatic heterocycles. The first-order chi connectivity index (χ1) is 15.0. The van der Waals surface area contributed by atoms with E-state index in [1.165, 1.54) is 7.11 Å². The largest absolute Gasteiger partial charge is 0.492 e. The van der Waals surface area contributed by atoms with Gasteiger partial charge in [-0.2, -0.15) is 0 Å². The number of rotatable bonds is 9. The van der Waals surface area contributed by atoms with Crippen molar-refractivity contribution in [1.29, 1.82) is 0 Å². The molecule has 0 bridgehead atoms. The van der Waals surface area contributed by atoms with Gasteiger partial charge in [0.25, 0.3) is 0 Å². The van der Waals surface area contributed by atoms with Crippen molar-refractivity contribution in [1.82, 2.24) is 10.2 Å². The molecule has 1 saturated carbocycles. The van der Waals surface area contributed by atoms with Crippen LogP contribution in [0.5, 0.6) is 5.75 Å². The van der Waals surface area contributed by atoms with E-state index in [2.05, 4.69) is 10.2 Å². The van der Waals surface area contributed by atoms with Gasteiger partial charge < -0.3 is 14.8 Å². The molecule has 0 saturated heterocycles. The molecule has 1 fully saturated rings. The number of benzene rings is 2. The monoisotopic (exact) mass is 424 g/mol. The molecule has 6 heteroatoms. The summed E-state index contributed by atoms with van der Waals surface area (Å²) >= 11 is 0. The summed E-state index contributed by atoms with van der Waals surface area (Å²) in [6.07, 6.45) is 3.77. The van der Waals surface area contributed by atoms with Crippen LogP contribution in [0.3, 0.4) is 0 Å². The summed E-state index contributed by atoms with van der Waals surface area (Å²) in [6.45, 7) is 3.16. The molecule has 0 spiro atoms. The minimum atomic E-state index is -0.514. The highest BCUT2D eigenvalue weighted by Crippen LogP contribution is 2.35. The van der Waals surface area contributed by atoms with Gasteiger partial charge in [0.1, 0.15) is 17.9 Å². The summed E-state index contributed by atoms with van der Waals surface area (Å²) in [5, 5.41) is 3.19. The number of hydrogen-bond acceptors (Lipinski definition) is 5. The Kier molecular flexibility index (Phi) is 7.69. The molecular weight excluding hydrogens is 392 g/mol. The Morgan fingerprint density at radius 2 is 1.71 bits per heavy atom. The molecule has 2 aromatic carbocycles. The second kappa shape index (κ2) is 10.4. The molecule has 1 N–H and O–H groups in total. The Morgan fingerprint density at radius 3 is 2.32 bits per heavy atom. The van der Waals surface area contributed by atoms with Gasteiger partial charge in [0.15, 0.2) is 0 Å². The van der Waals surface area contributed by atoms with E-state index in [4.69, 9.17) is 9.47 Å². The fourth-order valence-electron chi connectivity index (χ4n) is 4.21. The predicted octanol–water partition coefficient (Wildman–Crippen LogP) is 3.97. The predicted molar refractivity (Wildman–Crippen MR) is 120 cm³/mol. The molecule has 1 aliphatic carbocycles. The fourth-order valence-corrected chi connectivity index (χ4v) is 4.21. The highest BCUT2D eigenvalue weighted by Gasteiger charge is 2.44. The van der Waals surface area contributed by atoms with E-state index in [1.807, 2.05) is 56.4 Å². The van der Waals surface area contributed by atoms with Crippen molar-refractivity contribution in [3.63, 3.8) is 0 Å². The Labute approximate surface area is 184 Å². The van der Waals surface area contributed by atoms with Gasteiger partial charge in [-0.15, -0.1) is 0 Å². The van der Waals surface area contributed by atoms with Gasteiger partial charge in [-0.05, 0) is 56.6 Å². The zero-order chi connectivity index (χ0) is 22.3. The molecule has 3 rings (SSSR count).